The van der Waals surface area contributed by atoms with Crippen molar-refractivity contribution in [2.75, 3.05) is 13.2 Å². The first-order chi connectivity index (χ1) is 10.7. The van der Waals surface area contributed by atoms with Crippen molar-refractivity contribution in [1.82, 2.24) is 4.57 Å². The molecule has 1 aliphatic rings. The Labute approximate surface area is 132 Å². The van der Waals surface area contributed by atoms with Crippen LogP contribution in [-0.4, -0.2) is 29.8 Å². The first kappa shape index (κ1) is 15.0. The molecule has 3 rings (SSSR count). The van der Waals surface area contributed by atoms with Crippen LogP contribution in [-0.2, 0) is 11.8 Å². The van der Waals surface area contributed by atoms with Crippen LogP contribution in [0.25, 0.3) is 0 Å². The van der Waals surface area contributed by atoms with Crippen LogP contribution in [0.4, 0.5) is 0 Å². The fraction of sp³-hybridized carbons (Fsp3) is 0.375. The smallest absolute Gasteiger partial charge is 0.283 e. The maximum Gasteiger partial charge on any atom is 0.283 e. The molecule has 5 nitrogen and oxygen atoms in total. The second-order valence-corrected chi connectivity index (χ2v) is 6.03. The Kier molecular flexibility index (Phi) is 4.70. The van der Waals surface area contributed by atoms with E-state index in [4.69, 9.17) is 9.47 Å². The van der Waals surface area contributed by atoms with E-state index >= 15 is 0 Å². The number of amides is 1. The van der Waals surface area contributed by atoms with Crippen LogP contribution in [0.5, 0.6) is 5.75 Å². The van der Waals surface area contributed by atoms with Crippen molar-refractivity contribution in [3.05, 3.63) is 46.2 Å². The van der Waals surface area contributed by atoms with Crippen LogP contribution in [0.15, 0.2) is 40.8 Å². The minimum atomic E-state index is -0.291. The average molecular weight is 318 g/mol. The average Bonchev–Trinajstić information content (AvgIpc) is 3.18. The van der Waals surface area contributed by atoms with E-state index in [9.17, 15) is 4.79 Å². The highest BCUT2D eigenvalue weighted by Gasteiger charge is 2.18. The molecular formula is C16H18N2O3S. The molecule has 0 radical (unpaired) electrons. The molecule has 0 bridgehead atoms. The number of carbonyl (C=O) groups excluding carboxylic acids is 1. The number of aromatic nitrogens is 1. The molecule has 1 atom stereocenters. The predicted molar refractivity (Wildman–Crippen MR) is 84.1 cm³/mol. The number of ether oxygens (including phenoxy) is 2. The van der Waals surface area contributed by atoms with Crippen molar-refractivity contribution >= 4 is 17.2 Å². The van der Waals surface area contributed by atoms with Gasteiger partial charge < -0.3 is 14.0 Å². The standard InChI is InChI=1S/C16H18N2O3S/c1-18-8-10-22-16(18)17-15(19)13-6-2-3-7-14(13)21-11-12-5-4-9-20-12/h2-3,6-8,10,12H,4-5,9,11H2,1H3. The fourth-order valence-electron chi connectivity index (χ4n) is 2.31. The topological polar surface area (TPSA) is 52.8 Å². The van der Waals surface area contributed by atoms with Gasteiger partial charge in [-0.2, -0.15) is 4.99 Å². The molecule has 6 heteroatoms. The second-order valence-electron chi connectivity index (χ2n) is 5.16. The summed E-state index contributed by atoms with van der Waals surface area (Å²) in [5.74, 6) is 0.270. The zero-order valence-corrected chi connectivity index (χ0v) is 13.2. The predicted octanol–water partition coefficient (Wildman–Crippen LogP) is 2.39. The number of para-hydroxylation sites is 1. The maximum absolute atomic E-state index is 12.4. The minimum Gasteiger partial charge on any atom is -0.490 e. The van der Waals surface area contributed by atoms with Crippen LogP contribution in [0.1, 0.15) is 23.2 Å². The lowest BCUT2D eigenvalue weighted by Gasteiger charge is -2.13. The Bertz CT molecular complexity index is 714. The number of hydrogen-bond donors (Lipinski definition) is 0. The Balaban J connectivity index is 1.78. The molecule has 0 N–H and O–H groups in total. The molecule has 1 aromatic carbocycles. The molecule has 0 aliphatic carbocycles. The zero-order valence-electron chi connectivity index (χ0n) is 12.4. The van der Waals surface area contributed by atoms with Gasteiger partial charge in [0.25, 0.3) is 5.91 Å². The fourth-order valence-corrected chi connectivity index (χ4v) is 3.04. The van der Waals surface area contributed by atoms with E-state index in [2.05, 4.69) is 4.99 Å². The Hall–Kier alpha value is -1.92. The first-order valence-electron chi connectivity index (χ1n) is 7.26. The summed E-state index contributed by atoms with van der Waals surface area (Å²) in [5, 5.41) is 1.89. The van der Waals surface area contributed by atoms with Crippen LogP contribution in [0.2, 0.25) is 0 Å². The molecule has 2 aromatic rings. The molecule has 0 saturated carbocycles. The van der Waals surface area contributed by atoms with Crippen LogP contribution >= 0.6 is 11.3 Å². The summed E-state index contributed by atoms with van der Waals surface area (Å²) >= 11 is 1.43. The molecule has 1 saturated heterocycles. The molecule has 1 unspecified atom stereocenters. The number of thiazole rings is 1. The summed E-state index contributed by atoms with van der Waals surface area (Å²) in [6, 6.07) is 7.21. The molecule has 2 heterocycles. The third kappa shape index (κ3) is 3.45. The van der Waals surface area contributed by atoms with Gasteiger partial charge in [-0.25, -0.2) is 0 Å². The van der Waals surface area contributed by atoms with Gasteiger partial charge in [0.15, 0.2) is 4.80 Å². The Morgan fingerprint density at radius 2 is 2.36 bits per heavy atom. The highest BCUT2D eigenvalue weighted by atomic mass is 32.1. The molecule has 1 aliphatic heterocycles. The highest BCUT2D eigenvalue weighted by molar-refractivity contribution is 7.07. The van der Waals surface area contributed by atoms with Gasteiger partial charge >= 0.3 is 0 Å². The van der Waals surface area contributed by atoms with Crippen LogP contribution in [0.3, 0.4) is 0 Å². The first-order valence-corrected chi connectivity index (χ1v) is 8.14. The second kappa shape index (κ2) is 6.89. The van der Waals surface area contributed by atoms with E-state index in [0.717, 1.165) is 19.4 Å². The molecule has 22 heavy (non-hydrogen) atoms. The van der Waals surface area contributed by atoms with Crippen molar-refractivity contribution < 1.29 is 14.3 Å². The summed E-state index contributed by atoms with van der Waals surface area (Å²) in [6.07, 6.45) is 4.07. The van der Waals surface area contributed by atoms with Crippen LogP contribution < -0.4 is 9.54 Å². The number of hydrogen-bond acceptors (Lipinski definition) is 4. The van der Waals surface area contributed by atoms with E-state index in [0.29, 0.717) is 22.7 Å². The van der Waals surface area contributed by atoms with Crippen LogP contribution in [0, 0.1) is 0 Å². The maximum atomic E-state index is 12.4. The highest BCUT2D eigenvalue weighted by Crippen LogP contribution is 2.21. The van der Waals surface area contributed by atoms with E-state index in [-0.39, 0.29) is 12.0 Å². The SMILES string of the molecule is Cn1ccsc1=NC(=O)c1ccccc1OCC1CCCO1. The number of nitrogens with zero attached hydrogens (tertiary/aromatic N) is 2. The van der Waals surface area contributed by atoms with Gasteiger partial charge in [-0.3, -0.25) is 4.79 Å². The monoisotopic (exact) mass is 318 g/mol. The van der Waals surface area contributed by atoms with E-state index in [1.54, 1.807) is 12.1 Å². The number of rotatable bonds is 4. The van der Waals surface area contributed by atoms with Gasteiger partial charge in [-0.15, -0.1) is 11.3 Å². The molecule has 1 aromatic heterocycles. The van der Waals surface area contributed by atoms with Gasteiger partial charge in [0.1, 0.15) is 12.4 Å². The molecule has 116 valence electrons. The van der Waals surface area contributed by atoms with Crippen molar-refractivity contribution in [1.29, 1.82) is 0 Å². The summed E-state index contributed by atoms with van der Waals surface area (Å²) in [5.41, 5.74) is 0.480. The van der Waals surface area contributed by atoms with E-state index in [1.165, 1.54) is 11.3 Å². The number of benzene rings is 1. The van der Waals surface area contributed by atoms with Crippen molar-refractivity contribution in [3.63, 3.8) is 0 Å². The Morgan fingerprint density at radius 3 is 3.09 bits per heavy atom. The molecule has 1 amide bonds. The molecule has 1 fully saturated rings. The van der Waals surface area contributed by atoms with Gasteiger partial charge in [-0.05, 0) is 25.0 Å². The molecular weight excluding hydrogens is 300 g/mol. The third-order valence-electron chi connectivity index (χ3n) is 3.52. The minimum absolute atomic E-state index is 0.121. The summed E-state index contributed by atoms with van der Waals surface area (Å²) < 4.78 is 13.1. The number of carbonyl (C=O) groups is 1. The number of aryl methyl sites for hydroxylation is 1. The third-order valence-corrected chi connectivity index (χ3v) is 4.37. The summed E-state index contributed by atoms with van der Waals surface area (Å²) in [7, 11) is 1.86. The van der Waals surface area contributed by atoms with Gasteiger partial charge in [0.05, 0.1) is 11.7 Å². The van der Waals surface area contributed by atoms with Gasteiger partial charge in [-0.1, -0.05) is 12.1 Å². The van der Waals surface area contributed by atoms with Gasteiger partial charge in [0, 0.05) is 25.2 Å². The largest absolute Gasteiger partial charge is 0.490 e. The van der Waals surface area contributed by atoms with E-state index in [1.807, 2.05) is 35.3 Å². The van der Waals surface area contributed by atoms with Gasteiger partial charge in [0.2, 0.25) is 0 Å². The normalized spacial score (nSPS) is 18.6. The summed E-state index contributed by atoms with van der Waals surface area (Å²) in [6.45, 7) is 1.26. The molecule has 0 spiro atoms. The lowest BCUT2D eigenvalue weighted by atomic mass is 10.2. The quantitative estimate of drug-likeness (QED) is 0.870. The summed E-state index contributed by atoms with van der Waals surface area (Å²) in [4.78, 5) is 17.2. The van der Waals surface area contributed by atoms with Crippen molar-refractivity contribution in [3.8, 4) is 5.75 Å². The zero-order chi connectivity index (χ0) is 15.4. The lowest BCUT2D eigenvalue weighted by Crippen LogP contribution is -2.18. The van der Waals surface area contributed by atoms with E-state index < -0.39 is 0 Å². The van der Waals surface area contributed by atoms with Crippen molar-refractivity contribution in [2.24, 2.45) is 12.0 Å². The Morgan fingerprint density at radius 1 is 1.50 bits per heavy atom. The van der Waals surface area contributed by atoms with Crippen molar-refractivity contribution in [2.45, 2.75) is 18.9 Å². The lowest BCUT2D eigenvalue weighted by molar-refractivity contribution is 0.0672.